The van der Waals surface area contributed by atoms with Crippen molar-refractivity contribution >= 4 is 44.7 Å². The molecule has 0 bridgehead atoms. The monoisotopic (exact) mass is 801 g/mol. The second-order valence-electron chi connectivity index (χ2n) is 16.9. The Labute approximate surface area is 333 Å². The molecule has 6 unspecified atom stereocenters. The minimum absolute atomic E-state index is 0.00771. The van der Waals surface area contributed by atoms with Crippen molar-refractivity contribution in [2.75, 3.05) is 13.7 Å². The SMILES string of the molecule is C=CC1CC1(NC(=O)C1CC(Oc2cc(C3CC3)nc3cc(OC)ccc23)CN1C(=O)C(NC(=O)O)C(C)(C)C)C(=O)N(C(C)c1ccccc1)S(=O)(=O)C1CC1. The maximum Gasteiger partial charge on any atom is 0.405 e. The fourth-order valence-electron chi connectivity index (χ4n) is 7.92. The lowest BCUT2D eigenvalue weighted by atomic mass is 9.85. The van der Waals surface area contributed by atoms with Crippen molar-refractivity contribution in [1.29, 1.82) is 0 Å². The van der Waals surface area contributed by atoms with Gasteiger partial charge in [0.05, 0.1) is 30.5 Å². The number of carbonyl (C=O) groups is 4. The number of methoxy groups -OCH3 is 1. The van der Waals surface area contributed by atoms with Crippen LogP contribution in [0.3, 0.4) is 0 Å². The highest BCUT2D eigenvalue weighted by atomic mass is 32.2. The lowest BCUT2D eigenvalue weighted by molar-refractivity contribution is -0.143. The van der Waals surface area contributed by atoms with E-state index in [-0.39, 0.29) is 25.3 Å². The number of nitrogens with zero attached hydrogens (tertiary/aromatic N) is 3. The van der Waals surface area contributed by atoms with Gasteiger partial charge in [0.2, 0.25) is 21.8 Å². The normalized spacial score (nSPS) is 24.2. The van der Waals surface area contributed by atoms with Crippen molar-refractivity contribution < 1.29 is 42.2 Å². The molecule has 4 fully saturated rings. The van der Waals surface area contributed by atoms with Crippen LogP contribution in [-0.2, 0) is 24.4 Å². The summed E-state index contributed by atoms with van der Waals surface area (Å²) in [4.78, 5) is 62.0. The van der Waals surface area contributed by atoms with Crippen LogP contribution in [0.1, 0.15) is 89.4 Å². The van der Waals surface area contributed by atoms with Crippen LogP contribution in [0.5, 0.6) is 11.5 Å². The summed E-state index contributed by atoms with van der Waals surface area (Å²) in [5, 5.41) is 15.0. The number of likely N-dealkylation sites (tertiary alicyclic amines) is 1. The molecule has 1 aliphatic heterocycles. The predicted molar refractivity (Wildman–Crippen MR) is 212 cm³/mol. The van der Waals surface area contributed by atoms with Crippen LogP contribution in [0.15, 0.2) is 67.3 Å². The standard InChI is InChI=1S/C42H51N5O9S/c1-7-27-22-42(27,39(50)47(57(53,54)30-16-17-30)24(2)25-11-9-8-10-12-25)45-37(48)34-20-29(23-46(34)38(49)36(41(3,4)5)44-40(51)52)56-35-21-32(26-13-14-26)43-33-19-28(55-6)15-18-31(33)35/h7-12,15,18-19,21,24,26-27,29-30,34,36,44H,1,13-14,16-17,20,22-23H2,2-6H3,(H,45,48)(H,51,52). The first-order chi connectivity index (χ1) is 27.0. The van der Waals surface area contributed by atoms with Crippen molar-refractivity contribution in [3.8, 4) is 11.5 Å². The van der Waals surface area contributed by atoms with E-state index in [1.165, 1.54) is 11.0 Å². The van der Waals surface area contributed by atoms with Crippen LogP contribution in [-0.4, -0.2) is 94.2 Å². The van der Waals surface area contributed by atoms with Crippen LogP contribution in [0, 0.1) is 11.3 Å². The Balaban J connectivity index is 1.23. The molecule has 3 aromatic rings. The van der Waals surface area contributed by atoms with Gasteiger partial charge in [0.15, 0.2) is 0 Å². The van der Waals surface area contributed by atoms with E-state index >= 15 is 0 Å². The van der Waals surface area contributed by atoms with Gasteiger partial charge in [-0.15, -0.1) is 6.58 Å². The van der Waals surface area contributed by atoms with E-state index in [9.17, 15) is 32.7 Å². The molecule has 3 saturated carbocycles. The molecule has 0 radical (unpaired) electrons. The second kappa shape index (κ2) is 15.0. The van der Waals surface area contributed by atoms with E-state index in [4.69, 9.17) is 14.5 Å². The Morgan fingerprint density at radius 1 is 1.07 bits per heavy atom. The molecule has 57 heavy (non-hydrogen) atoms. The topological polar surface area (TPSA) is 185 Å². The Morgan fingerprint density at radius 3 is 2.35 bits per heavy atom. The first kappa shape index (κ1) is 40.0. The van der Waals surface area contributed by atoms with Gasteiger partial charge in [-0.05, 0) is 62.1 Å². The summed E-state index contributed by atoms with van der Waals surface area (Å²) < 4.78 is 41.0. The summed E-state index contributed by atoms with van der Waals surface area (Å²) in [6.45, 7) is 10.6. The molecule has 0 spiro atoms. The maximum atomic E-state index is 14.8. The minimum Gasteiger partial charge on any atom is -0.497 e. The number of carbonyl (C=O) groups excluding carboxylic acids is 3. The quantitative estimate of drug-likeness (QED) is 0.181. The molecule has 3 N–H and O–H groups in total. The van der Waals surface area contributed by atoms with Crippen molar-refractivity contribution in [3.05, 3.63) is 78.5 Å². The average Bonchev–Trinajstić information content (AvgIpc) is 4.06. The van der Waals surface area contributed by atoms with Crippen molar-refractivity contribution in [1.82, 2.24) is 24.8 Å². The van der Waals surface area contributed by atoms with Gasteiger partial charge in [0.25, 0.3) is 5.91 Å². The van der Waals surface area contributed by atoms with Gasteiger partial charge < -0.3 is 30.1 Å². The lowest BCUT2D eigenvalue weighted by Crippen LogP contribution is -2.60. The molecule has 3 aliphatic carbocycles. The third-order valence-electron chi connectivity index (χ3n) is 11.6. The first-order valence-corrected chi connectivity index (χ1v) is 21.0. The molecule has 4 amide bonds. The summed E-state index contributed by atoms with van der Waals surface area (Å²) >= 11 is 0. The molecule has 6 atom stereocenters. The van der Waals surface area contributed by atoms with Gasteiger partial charge in [-0.25, -0.2) is 17.5 Å². The molecule has 7 rings (SSSR count). The molecule has 15 heteroatoms. The number of amides is 4. The number of aromatic nitrogens is 1. The molecular weight excluding hydrogens is 751 g/mol. The largest absolute Gasteiger partial charge is 0.497 e. The molecular formula is C42H51N5O9S. The molecule has 14 nitrogen and oxygen atoms in total. The van der Waals surface area contributed by atoms with Gasteiger partial charge in [0.1, 0.15) is 35.2 Å². The Morgan fingerprint density at radius 2 is 1.77 bits per heavy atom. The smallest absolute Gasteiger partial charge is 0.405 e. The molecule has 4 aliphatic rings. The minimum atomic E-state index is -4.10. The summed E-state index contributed by atoms with van der Waals surface area (Å²) in [5.41, 5.74) is -0.371. The molecule has 304 valence electrons. The van der Waals surface area contributed by atoms with E-state index < -0.39 is 80.2 Å². The zero-order chi connectivity index (χ0) is 41.0. The zero-order valence-electron chi connectivity index (χ0n) is 32.9. The first-order valence-electron chi connectivity index (χ1n) is 19.5. The molecule has 2 aromatic carbocycles. The molecule has 1 saturated heterocycles. The van der Waals surface area contributed by atoms with Crippen LogP contribution < -0.4 is 20.1 Å². The summed E-state index contributed by atoms with van der Waals surface area (Å²) in [7, 11) is -2.53. The number of rotatable bonds is 14. The number of ether oxygens (including phenoxy) is 2. The number of fused-ring (bicyclic) bond motifs is 1. The lowest BCUT2D eigenvalue weighted by Gasteiger charge is -2.36. The highest BCUT2D eigenvalue weighted by Gasteiger charge is 2.64. The zero-order valence-corrected chi connectivity index (χ0v) is 33.8. The van der Waals surface area contributed by atoms with Crippen LogP contribution in [0.25, 0.3) is 10.9 Å². The van der Waals surface area contributed by atoms with Gasteiger partial charge in [0, 0.05) is 41.5 Å². The summed E-state index contributed by atoms with van der Waals surface area (Å²) in [6, 6.07) is 12.9. The van der Waals surface area contributed by atoms with E-state index in [2.05, 4.69) is 17.2 Å². The van der Waals surface area contributed by atoms with Crippen molar-refractivity contribution in [2.24, 2.45) is 11.3 Å². The summed E-state index contributed by atoms with van der Waals surface area (Å²) in [6.07, 6.45) is 2.39. The number of hydrogen-bond acceptors (Lipinski definition) is 9. The fraction of sp³-hybridized carbons (Fsp3) is 0.500. The third-order valence-corrected chi connectivity index (χ3v) is 13.9. The molecule has 2 heterocycles. The third kappa shape index (κ3) is 7.90. The van der Waals surface area contributed by atoms with Crippen LogP contribution in [0.2, 0.25) is 0 Å². The van der Waals surface area contributed by atoms with Gasteiger partial charge >= 0.3 is 6.09 Å². The number of pyridine rings is 1. The van der Waals surface area contributed by atoms with E-state index in [0.29, 0.717) is 40.8 Å². The number of benzene rings is 2. The average molecular weight is 802 g/mol. The van der Waals surface area contributed by atoms with E-state index in [0.717, 1.165) is 22.8 Å². The Kier molecular flexibility index (Phi) is 10.5. The number of carboxylic acid groups (broad SMARTS) is 1. The Hall–Kier alpha value is -5.18. The van der Waals surface area contributed by atoms with Crippen LogP contribution >= 0.6 is 0 Å². The number of nitrogens with one attached hydrogen (secondary N) is 2. The second-order valence-corrected chi connectivity index (χ2v) is 19.0. The van der Waals surface area contributed by atoms with Gasteiger partial charge in [-0.3, -0.25) is 19.4 Å². The maximum absolute atomic E-state index is 14.8. The number of hydrogen-bond donors (Lipinski definition) is 3. The summed E-state index contributed by atoms with van der Waals surface area (Å²) in [5.74, 6) is -1.22. The molecule has 1 aromatic heterocycles. The fourth-order valence-corrected chi connectivity index (χ4v) is 9.93. The van der Waals surface area contributed by atoms with Crippen molar-refractivity contribution in [3.63, 3.8) is 0 Å². The van der Waals surface area contributed by atoms with Gasteiger partial charge in [-0.2, -0.15) is 0 Å². The van der Waals surface area contributed by atoms with E-state index in [1.54, 1.807) is 71.2 Å². The van der Waals surface area contributed by atoms with Gasteiger partial charge in [-0.1, -0.05) is 57.2 Å². The Bertz CT molecular complexity index is 2200. The van der Waals surface area contributed by atoms with E-state index in [1.807, 2.05) is 18.2 Å². The highest BCUT2D eigenvalue weighted by Crippen LogP contribution is 2.49. The predicted octanol–water partition coefficient (Wildman–Crippen LogP) is 5.29. The highest BCUT2D eigenvalue weighted by molar-refractivity contribution is 7.90. The number of sulfonamides is 1. The van der Waals surface area contributed by atoms with Crippen molar-refractivity contribution in [2.45, 2.75) is 107 Å². The van der Waals surface area contributed by atoms with Crippen LogP contribution in [0.4, 0.5) is 4.79 Å².